The Morgan fingerprint density at radius 3 is 2.67 bits per heavy atom. The van der Waals surface area contributed by atoms with E-state index in [0.29, 0.717) is 19.0 Å². The van der Waals surface area contributed by atoms with Crippen LogP contribution in [-0.4, -0.2) is 46.9 Å². The molecule has 138 valence electrons. The molecule has 0 aliphatic rings. The standard InChI is InChI=1S/C22H24N4O/c1-25(2)14-7-15-27-22-19-9-4-6-11-21(19)26(24-22)16-18-13-12-17-8-3-5-10-20(17)23-18/h3-6,8-13H,7,14-16H2,1-2H3. The lowest BCUT2D eigenvalue weighted by Crippen LogP contribution is -2.15. The molecule has 0 saturated carbocycles. The zero-order chi connectivity index (χ0) is 18.6. The maximum Gasteiger partial charge on any atom is 0.240 e. The fourth-order valence-corrected chi connectivity index (χ4v) is 3.22. The van der Waals surface area contributed by atoms with Gasteiger partial charge in [0, 0.05) is 11.9 Å². The van der Waals surface area contributed by atoms with Gasteiger partial charge in [-0.3, -0.25) is 9.67 Å². The number of nitrogens with zero attached hydrogens (tertiary/aromatic N) is 4. The van der Waals surface area contributed by atoms with Gasteiger partial charge in [0.05, 0.1) is 35.3 Å². The molecule has 2 heterocycles. The average molecular weight is 360 g/mol. The van der Waals surface area contributed by atoms with Crippen molar-refractivity contribution in [3.8, 4) is 5.88 Å². The lowest BCUT2D eigenvalue weighted by atomic mass is 10.2. The quantitative estimate of drug-likeness (QED) is 0.468. The highest BCUT2D eigenvalue weighted by atomic mass is 16.5. The van der Waals surface area contributed by atoms with Crippen molar-refractivity contribution in [2.75, 3.05) is 27.2 Å². The number of aromatic nitrogens is 3. The van der Waals surface area contributed by atoms with E-state index in [1.807, 2.05) is 35.0 Å². The topological polar surface area (TPSA) is 43.2 Å². The Morgan fingerprint density at radius 2 is 1.78 bits per heavy atom. The highest BCUT2D eigenvalue weighted by Gasteiger charge is 2.12. The predicted molar refractivity (Wildman–Crippen MR) is 109 cm³/mol. The van der Waals surface area contributed by atoms with Crippen LogP contribution < -0.4 is 4.74 Å². The van der Waals surface area contributed by atoms with Crippen molar-refractivity contribution in [3.05, 3.63) is 66.4 Å². The number of pyridine rings is 1. The number of rotatable bonds is 7. The molecule has 0 amide bonds. The van der Waals surface area contributed by atoms with Crippen LogP contribution in [0.25, 0.3) is 21.8 Å². The molecule has 0 fully saturated rings. The van der Waals surface area contributed by atoms with E-state index >= 15 is 0 Å². The summed E-state index contributed by atoms with van der Waals surface area (Å²) >= 11 is 0. The Labute approximate surface area is 159 Å². The Kier molecular flexibility index (Phi) is 5.03. The number of hydrogen-bond acceptors (Lipinski definition) is 4. The van der Waals surface area contributed by atoms with Gasteiger partial charge in [0.15, 0.2) is 0 Å². The molecule has 0 spiro atoms. The fraction of sp³-hybridized carbons (Fsp3) is 0.273. The summed E-state index contributed by atoms with van der Waals surface area (Å²) in [6.45, 7) is 2.28. The lowest BCUT2D eigenvalue weighted by molar-refractivity contribution is 0.273. The third-order valence-corrected chi connectivity index (χ3v) is 4.58. The van der Waals surface area contributed by atoms with Crippen LogP contribution in [0.4, 0.5) is 0 Å². The van der Waals surface area contributed by atoms with Gasteiger partial charge < -0.3 is 9.64 Å². The summed E-state index contributed by atoms with van der Waals surface area (Å²) in [5.74, 6) is 0.699. The van der Waals surface area contributed by atoms with Gasteiger partial charge in [0.2, 0.25) is 5.88 Å². The summed E-state index contributed by atoms with van der Waals surface area (Å²) in [5.41, 5.74) is 3.06. The van der Waals surface area contributed by atoms with Crippen molar-refractivity contribution in [2.45, 2.75) is 13.0 Å². The fourth-order valence-electron chi connectivity index (χ4n) is 3.22. The molecular weight excluding hydrogens is 336 g/mol. The first-order valence-electron chi connectivity index (χ1n) is 9.28. The molecule has 0 saturated heterocycles. The van der Waals surface area contributed by atoms with Gasteiger partial charge >= 0.3 is 0 Å². The molecule has 4 rings (SSSR count). The lowest BCUT2D eigenvalue weighted by Gasteiger charge is -2.09. The van der Waals surface area contributed by atoms with E-state index in [1.165, 1.54) is 0 Å². The highest BCUT2D eigenvalue weighted by molar-refractivity contribution is 5.84. The summed E-state index contributed by atoms with van der Waals surface area (Å²) in [6.07, 6.45) is 0.973. The van der Waals surface area contributed by atoms with E-state index in [-0.39, 0.29) is 0 Å². The minimum Gasteiger partial charge on any atom is -0.476 e. The van der Waals surface area contributed by atoms with Crippen LogP contribution in [0, 0.1) is 0 Å². The maximum absolute atomic E-state index is 5.98. The van der Waals surface area contributed by atoms with Crippen molar-refractivity contribution in [1.29, 1.82) is 0 Å². The van der Waals surface area contributed by atoms with Crippen LogP contribution in [0.3, 0.4) is 0 Å². The predicted octanol–water partition coefficient (Wildman–Crippen LogP) is 3.96. The number of hydrogen-bond donors (Lipinski definition) is 0. The first kappa shape index (κ1) is 17.5. The summed E-state index contributed by atoms with van der Waals surface area (Å²) in [5, 5.41) is 6.92. The Balaban J connectivity index is 1.59. The van der Waals surface area contributed by atoms with E-state index in [9.17, 15) is 0 Å². The smallest absolute Gasteiger partial charge is 0.240 e. The molecule has 0 radical (unpaired) electrons. The van der Waals surface area contributed by atoms with Gasteiger partial charge in [0.1, 0.15) is 0 Å². The Bertz CT molecular complexity index is 1050. The van der Waals surface area contributed by atoms with Crippen molar-refractivity contribution >= 4 is 21.8 Å². The maximum atomic E-state index is 5.98. The molecule has 0 unspecified atom stereocenters. The van der Waals surface area contributed by atoms with Gasteiger partial charge in [0.25, 0.3) is 0 Å². The molecule has 0 bridgehead atoms. The van der Waals surface area contributed by atoms with Crippen molar-refractivity contribution in [3.63, 3.8) is 0 Å². The van der Waals surface area contributed by atoms with Crippen molar-refractivity contribution in [2.24, 2.45) is 0 Å². The van der Waals surface area contributed by atoms with Crippen LogP contribution in [0.1, 0.15) is 12.1 Å². The highest BCUT2D eigenvalue weighted by Crippen LogP contribution is 2.25. The van der Waals surface area contributed by atoms with Gasteiger partial charge in [-0.1, -0.05) is 36.4 Å². The summed E-state index contributed by atoms with van der Waals surface area (Å²) in [6, 6.07) is 20.5. The van der Waals surface area contributed by atoms with Crippen LogP contribution >= 0.6 is 0 Å². The molecule has 0 atom stereocenters. The third-order valence-electron chi connectivity index (χ3n) is 4.58. The number of fused-ring (bicyclic) bond motifs is 2. The summed E-state index contributed by atoms with van der Waals surface area (Å²) in [7, 11) is 4.14. The molecule has 0 aliphatic heterocycles. The van der Waals surface area contributed by atoms with E-state index in [4.69, 9.17) is 14.8 Å². The first-order valence-corrected chi connectivity index (χ1v) is 9.28. The van der Waals surface area contributed by atoms with Crippen LogP contribution in [0.2, 0.25) is 0 Å². The molecule has 2 aromatic heterocycles. The van der Waals surface area contributed by atoms with Crippen molar-refractivity contribution < 1.29 is 4.74 Å². The molecule has 27 heavy (non-hydrogen) atoms. The number of para-hydroxylation sites is 2. The SMILES string of the molecule is CN(C)CCCOc1nn(Cc2ccc3ccccc3n2)c2ccccc12. The van der Waals surface area contributed by atoms with E-state index in [2.05, 4.69) is 49.3 Å². The minimum absolute atomic E-state index is 0.617. The summed E-state index contributed by atoms with van der Waals surface area (Å²) in [4.78, 5) is 6.93. The van der Waals surface area contributed by atoms with E-state index in [0.717, 1.165) is 40.5 Å². The van der Waals surface area contributed by atoms with Gasteiger partial charge in [-0.05, 0) is 44.8 Å². The molecule has 5 nitrogen and oxygen atoms in total. The molecular formula is C22H24N4O. The molecule has 5 heteroatoms. The molecule has 4 aromatic rings. The monoisotopic (exact) mass is 360 g/mol. The Morgan fingerprint density at radius 1 is 0.963 bits per heavy atom. The van der Waals surface area contributed by atoms with Crippen LogP contribution in [-0.2, 0) is 6.54 Å². The van der Waals surface area contributed by atoms with Gasteiger partial charge in [-0.15, -0.1) is 5.10 Å². The molecule has 0 N–H and O–H groups in total. The second kappa shape index (κ2) is 7.76. The third kappa shape index (κ3) is 3.93. The number of ether oxygens (including phenoxy) is 1. The Hall–Kier alpha value is -2.92. The molecule has 0 aliphatic carbocycles. The molecule has 2 aromatic carbocycles. The number of benzene rings is 2. The van der Waals surface area contributed by atoms with Crippen LogP contribution in [0.15, 0.2) is 60.7 Å². The second-order valence-corrected chi connectivity index (χ2v) is 6.98. The zero-order valence-corrected chi connectivity index (χ0v) is 15.8. The van der Waals surface area contributed by atoms with Crippen LogP contribution in [0.5, 0.6) is 5.88 Å². The van der Waals surface area contributed by atoms with E-state index in [1.54, 1.807) is 0 Å². The average Bonchev–Trinajstić information content (AvgIpc) is 3.03. The largest absolute Gasteiger partial charge is 0.476 e. The second-order valence-electron chi connectivity index (χ2n) is 6.98. The van der Waals surface area contributed by atoms with E-state index < -0.39 is 0 Å². The zero-order valence-electron chi connectivity index (χ0n) is 15.8. The summed E-state index contributed by atoms with van der Waals surface area (Å²) < 4.78 is 7.96. The van der Waals surface area contributed by atoms with Crippen molar-refractivity contribution in [1.82, 2.24) is 19.7 Å². The first-order chi connectivity index (χ1) is 13.2. The van der Waals surface area contributed by atoms with Gasteiger partial charge in [-0.25, -0.2) is 0 Å². The minimum atomic E-state index is 0.617. The van der Waals surface area contributed by atoms with Gasteiger partial charge in [-0.2, -0.15) is 0 Å². The normalized spacial score (nSPS) is 11.5.